The topological polar surface area (TPSA) is 37.4 Å². The van der Waals surface area contributed by atoms with E-state index in [1.165, 1.54) is 4.90 Å². The molecule has 0 N–H and O–H groups in total. The summed E-state index contributed by atoms with van der Waals surface area (Å²) >= 11 is 1.55. The van der Waals surface area contributed by atoms with E-state index in [0.717, 1.165) is 4.88 Å². The van der Waals surface area contributed by atoms with Gasteiger partial charge in [-0.25, -0.2) is 0 Å². The summed E-state index contributed by atoms with van der Waals surface area (Å²) in [6.07, 6.45) is 0. The van der Waals surface area contributed by atoms with Gasteiger partial charge in [0.1, 0.15) is 0 Å². The maximum atomic E-state index is 12.0. The van der Waals surface area contributed by atoms with Crippen molar-refractivity contribution >= 4 is 23.2 Å². The van der Waals surface area contributed by atoms with Crippen LogP contribution < -0.4 is 0 Å². The second kappa shape index (κ2) is 3.82. The number of imide groups is 1. The minimum atomic E-state index is -0.195. The molecule has 4 heteroatoms. The SMILES string of the molecule is O=C1c2ccccc2C(=O)N1Cc1cccs1. The van der Waals surface area contributed by atoms with Crippen molar-refractivity contribution in [2.45, 2.75) is 6.54 Å². The van der Waals surface area contributed by atoms with Crippen molar-refractivity contribution in [3.63, 3.8) is 0 Å². The summed E-state index contributed by atoms with van der Waals surface area (Å²) in [6, 6.07) is 10.8. The number of amides is 2. The molecule has 0 fully saturated rings. The summed E-state index contributed by atoms with van der Waals surface area (Å²) in [6.45, 7) is 0.365. The normalized spacial score (nSPS) is 14.2. The molecule has 3 nitrogen and oxygen atoms in total. The molecule has 2 amide bonds. The van der Waals surface area contributed by atoms with E-state index in [1.54, 1.807) is 35.6 Å². The molecule has 3 rings (SSSR count). The fourth-order valence-electron chi connectivity index (χ4n) is 1.94. The van der Waals surface area contributed by atoms with Crippen molar-refractivity contribution in [3.05, 3.63) is 57.8 Å². The van der Waals surface area contributed by atoms with Crippen LogP contribution >= 0.6 is 11.3 Å². The third-order valence-corrected chi connectivity index (χ3v) is 3.63. The zero-order valence-electron chi connectivity index (χ0n) is 8.92. The molecule has 0 atom stereocenters. The molecule has 0 saturated heterocycles. The van der Waals surface area contributed by atoms with Gasteiger partial charge in [0.15, 0.2) is 0 Å². The molecular weight excluding hydrogens is 234 g/mol. The van der Waals surface area contributed by atoms with E-state index in [2.05, 4.69) is 0 Å². The lowest BCUT2D eigenvalue weighted by Crippen LogP contribution is -2.28. The number of thiophene rings is 1. The first-order valence-corrected chi connectivity index (χ1v) is 6.13. The Balaban J connectivity index is 1.95. The average molecular weight is 243 g/mol. The third-order valence-electron chi connectivity index (χ3n) is 2.77. The van der Waals surface area contributed by atoms with Crippen LogP contribution in [0.15, 0.2) is 41.8 Å². The van der Waals surface area contributed by atoms with Gasteiger partial charge in [0, 0.05) is 4.88 Å². The number of fused-ring (bicyclic) bond motifs is 1. The van der Waals surface area contributed by atoms with Crippen molar-refractivity contribution in [2.75, 3.05) is 0 Å². The maximum Gasteiger partial charge on any atom is 0.261 e. The van der Waals surface area contributed by atoms with Crippen molar-refractivity contribution in [1.29, 1.82) is 0 Å². The fraction of sp³-hybridized carbons (Fsp3) is 0.0769. The molecule has 2 heterocycles. The van der Waals surface area contributed by atoms with Crippen LogP contribution in [0.5, 0.6) is 0 Å². The zero-order valence-corrected chi connectivity index (χ0v) is 9.74. The largest absolute Gasteiger partial charge is 0.269 e. The van der Waals surface area contributed by atoms with Crippen LogP contribution in [0.1, 0.15) is 25.6 Å². The Morgan fingerprint density at radius 1 is 0.941 bits per heavy atom. The Hall–Kier alpha value is -1.94. The van der Waals surface area contributed by atoms with E-state index in [1.807, 2.05) is 17.5 Å². The maximum absolute atomic E-state index is 12.0. The molecule has 0 aliphatic carbocycles. The molecule has 0 spiro atoms. The van der Waals surface area contributed by atoms with Gasteiger partial charge in [-0.05, 0) is 23.6 Å². The highest BCUT2D eigenvalue weighted by molar-refractivity contribution is 7.09. The molecule has 0 unspecified atom stereocenters. The van der Waals surface area contributed by atoms with Crippen LogP contribution in [0.25, 0.3) is 0 Å². The molecule has 1 aromatic carbocycles. The van der Waals surface area contributed by atoms with Gasteiger partial charge in [0.05, 0.1) is 17.7 Å². The highest BCUT2D eigenvalue weighted by atomic mass is 32.1. The van der Waals surface area contributed by atoms with Gasteiger partial charge in [-0.2, -0.15) is 0 Å². The Morgan fingerprint density at radius 3 is 2.12 bits per heavy atom. The summed E-state index contributed by atoms with van der Waals surface area (Å²) < 4.78 is 0. The monoisotopic (exact) mass is 243 g/mol. The van der Waals surface area contributed by atoms with Crippen LogP contribution in [0.2, 0.25) is 0 Å². The van der Waals surface area contributed by atoms with Crippen molar-refractivity contribution in [1.82, 2.24) is 4.90 Å². The minimum absolute atomic E-state index is 0.195. The first-order valence-electron chi connectivity index (χ1n) is 5.25. The number of nitrogens with zero attached hydrogens (tertiary/aromatic N) is 1. The lowest BCUT2D eigenvalue weighted by molar-refractivity contribution is 0.0644. The number of benzene rings is 1. The molecule has 17 heavy (non-hydrogen) atoms. The van der Waals surface area contributed by atoms with Gasteiger partial charge in [-0.15, -0.1) is 11.3 Å². The van der Waals surface area contributed by atoms with E-state index < -0.39 is 0 Å². The van der Waals surface area contributed by atoms with Crippen molar-refractivity contribution < 1.29 is 9.59 Å². The Morgan fingerprint density at radius 2 is 1.59 bits per heavy atom. The van der Waals surface area contributed by atoms with Crippen LogP contribution in [0.3, 0.4) is 0 Å². The van der Waals surface area contributed by atoms with E-state index in [-0.39, 0.29) is 11.8 Å². The van der Waals surface area contributed by atoms with Gasteiger partial charge in [-0.1, -0.05) is 18.2 Å². The van der Waals surface area contributed by atoms with Gasteiger partial charge in [0.2, 0.25) is 0 Å². The fourth-order valence-corrected chi connectivity index (χ4v) is 2.63. The van der Waals surface area contributed by atoms with Crippen LogP contribution in [-0.4, -0.2) is 16.7 Å². The smallest absolute Gasteiger partial charge is 0.261 e. The number of carbonyl (C=O) groups excluding carboxylic acids is 2. The molecule has 0 bridgehead atoms. The molecule has 0 saturated carbocycles. The Kier molecular flexibility index (Phi) is 2.30. The number of hydrogen-bond donors (Lipinski definition) is 0. The molecule has 2 aromatic rings. The summed E-state index contributed by atoms with van der Waals surface area (Å²) in [5, 5.41) is 1.94. The second-order valence-electron chi connectivity index (χ2n) is 3.82. The average Bonchev–Trinajstić information content (AvgIpc) is 2.94. The summed E-state index contributed by atoms with van der Waals surface area (Å²) in [5.74, 6) is -0.391. The standard InChI is InChI=1S/C13H9NO2S/c15-12-10-5-1-2-6-11(10)13(16)14(12)8-9-4-3-7-17-9/h1-7H,8H2. The highest BCUT2D eigenvalue weighted by Crippen LogP contribution is 2.25. The Bertz CT molecular complexity index is 554. The molecule has 1 aliphatic rings. The number of rotatable bonds is 2. The molecule has 1 aliphatic heterocycles. The second-order valence-corrected chi connectivity index (χ2v) is 4.85. The van der Waals surface area contributed by atoms with Crippen LogP contribution in [-0.2, 0) is 6.54 Å². The predicted molar refractivity (Wildman–Crippen MR) is 65.0 cm³/mol. The number of hydrogen-bond acceptors (Lipinski definition) is 3. The van der Waals surface area contributed by atoms with E-state index in [4.69, 9.17) is 0 Å². The first-order chi connectivity index (χ1) is 8.27. The van der Waals surface area contributed by atoms with Gasteiger partial charge in [0.25, 0.3) is 11.8 Å². The highest BCUT2D eigenvalue weighted by Gasteiger charge is 2.34. The summed E-state index contributed by atoms with van der Waals surface area (Å²) in [4.78, 5) is 26.4. The molecule has 0 radical (unpaired) electrons. The summed E-state index contributed by atoms with van der Waals surface area (Å²) in [5.41, 5.74) is 1.02. The summed E-state index contributed by atoms with van der Waals surface area (Å²) in [7, 11) is 0. The molecule has 1 aromatic heterocycles. The predicted octanol–water partition coefficient (Wildman–Crippen LogP) is 2.54. The third kappa shape index (κ3) is 1.57. The van der Waals surface area contributed by atoms with Gasteiger partial charge in [-0.3, -0.25) is 14.5 Å². The minimum Gasteiger partial charge on any atom is -0.269 e. The van der Waals surface area contributed by atoms with Gasteiger partial charge >= 0.3 is 0 Å². The quantitative estimate of drug-likeness (QED) is 0.760. The first kappa shape index (κ1) is 10.2. The molecule has 84 valence electrons. The molecular formula is C13H9NO2S. The van der Waals surface area contributed by atoms with Crippen molar-refractivity contribution in [3.8, 4) is 0 Å². The lowest BCUT2D eigenvalue weighted by atomic mass is 10.1. The van der Waals surface area contributed by atoms with Crippen LogP contribution in [0, 0.1) is 0 Å². The van der Waals surface area contributed by atoms with Crippen LogP contribution in [0.4, 0.5) is 0 Å². The van der Waals surface area contributed by atoms with E-state index in [9.17, 15) is 9.59 Å². The van der Waals surface area contributed by atoms with Crippen molar-refractivity contribution in [2.24, 2.45) is 0 Å². The lowest BCUT2D eigenvalue weighted by Gasteiger charge is -2.11. The van der Waals surface area contributed by atoms with Gasteiger partial charge < -0.3 is 0 Å². The zero-order chi connectivity index (χ0) is 11.8. The number of carbonyl (C=O) groups is 2. The Labute approximate surface area is 102 Å². The van der Waals surface area contributed by atoms with E-state index >= 15 is 0 Å². The van der Waals surface area contributed by atoms with E-state index in [0.29, 0.717) is 17.7 Å².